The maximum atomic E-state index is 12.8. The maximum absolute atomic E-state index is 12.8. The smallest absolute Gasteiger partial charge is 0.244 e. The number of nitrogens with one attached hydrogen (secondary N) is 1. The standard InChI is InChI=1S/C16H13Cl2FN2O/c1-10(14-7-4-12(17)9-15(14)18)20-21-16(22)8-11-2-5-13(19)6-3-11/h2-7,9H,8H2,1H3,(H,21,22)/b20-10+. The molecule has 0 heterocycles. The molecule has 1 N–H and O–H groups in total. The molecule has 0 unspecified atom stereocenters. The van der Waals surface area contributed by atoms with E-state index in [1.54, 1.807) is 37.3 Å². The minimum Gasteiger partial charge on any atom is -0.273 e. The molecule has 0 aliphatic rings. The fourth-order valence-electron chi connectivity index (χ4n) is 1.82. The SMILES string of the molecule is C/C(=N\NC(=O)Cc1ccc(F)cc1)c1ccc(Cl)cc1Cl. The number of hydrogen-bond acceptors (Lipinski definition) is 2. The molecule has 0 aliphatic carbocycles. The predicted octanol–water partition coefficient (Wildman–Crippen LogP) is 4.22. The minimum absolute atomic E-state index is 0.116. The lowest BCUT2D eigenvalue weighted by Gasteiger charge is -2.05. The Labute approximate surface area is 137 Å². The number of nitrogens with zero attached hydrogens (tertiary/aromatic N) is 1. The first-order valence-corrected chi connectivity index (χ1v) is 7.24. The predicted molar refractivity (Wildman–Crippen MR) is 86.9 cm³/mol. The van der Waals surface area contributed by atoms with E-state index in [0.29, 0.717) is 26.9 Å². The van der Waals surface area contributed by atoms with E-state index in [-0.39, 0.29) is 18.1 Å². The number of rotatable bonds is 4. The van der Waals surface area contributed by atoms with Crippen LogP contribution in [0, 0.1) is 5.82 Å². The van der Waals surface area contributed by atoms with Gasteiger partial charge in [-0.05, 0) is 36.8 Å². The van der Waals surface area contributed by atoms with Crippen LogP contribution in [0.4, 0.5) is 4.39 Å². The van der Waals surface area contributed by atoms with Gasteiger partial charge in [-0.15, -0.1) is 0 Å². The third-order valence-corrected chi connectivity index (χ3v) is 3.49. The van der Waals surface area contributed by atoms with Gasteiger partial charge in [0.05, 0.1) is 17.2 Å². The van der Waals surface area contributed by atoms with Gasteiger partial charge < -0.3 is 0 Å². The molecule has 0 saturated heterocycles. The zero-order chi connectivity index (χ0) is 16.1. The van der Waals surface area contributed by atoms with Gasteiger partial charge in [-0.3, -0.25) is 4.79 Å². The van der Waals surface area contributed by atoms with Gasteiger partial charge in [-0.25, -0.2) is 9.82 Å². The molecule has 2 rings (SSSR count). The summed E-state index contributed by atoms with van der Waals surface area (Å²) >= 11 is 11.9. The molecule has 22 heavy (non-hydrogen) atoms. The number of benzene rings is 2. The van der Waals surface area contributed by atoms with Crippen LogP contribution in [0.5, 0.6) is 0 Å². The van der Waals surface area contributed by atoms with Crippen molar-refractivity contribution in [2.45, 2.75) is 13.3 Å². The lowest BCUT2D eigenvalue weighted by atomic mass is 10.1. The Morgan fingerprint density at radius 2 is 1.86 bits per heavy atom. The third-order valence-electron chi connectivity index (χ3n) is 2.95. The molecule has 3 nitrogen and oxygen atoms in total. The fraction of sp³-hybridized carbons (Fsp3) is 0.125. The third kappa shape index (κ3) is 4.55. The van der Waals surface area contributed by atoms with Crippen LogP contribution in [-0.4, -0.2) is 11.6 Å². The van der Waals surface area contributed by atoms with E-state index < -0.39 is 0 Å². The van der Waals surface area contributed by atoms with Crippen molar-refractivity contribution in [2.24, 2.45) is 5.10 Å². The van der Waals surface area contributed by atoms with Crippen LogP contribution in [0.25, 0.3) is 0 Å². The van der Waals surface area contributed by atoms with Gasteiger partial charge in [0, 0.05) is 10.6 Å². The van der Waals surface area contributed by atoms with Crippen molar-refractivity contribution in [1.29, 1.82) is 0 Å². The summed E-state index contributed by atoms with van der Waals surface area (Å²) in [7, 11) is 0. The van der Waals surface area contributed by atoms with Gasteiger partial charge in [-0.1, -0.05) is 41.4 Å². The van der Waals surface area contributed by atoms with E-state index in [4.69, 9.17) is 23.2 Å². The Morgan fingerprint density at radius 3 is 2.50 bits per heavy atom. The molecular weight excluding hydrogens is 326 g/mol. The lowest BCUT2D eigenvalue weighted by Crippen LogP contribution is -2.21. The molecule has 6 heteroatoms. The molecule has 0 atom stereocenters. The largest absolute Gasteiger partial charge is 0.273 e. The number of hydrogen-bond donors (Lipinski definition) is 1. The van der Waals surface area contributed by atoms with Gasteiger partial charge >= 0.3 is 0 Å². The highest BCUT2D eigenvalue weighted by Crippen LogP contribution is 2.21. The highest BCUT2D eigenvalue weighted by atomic mass is 35.5. The first-order valence-electron chi connectivity index (χ1n) is 6.48. The maximum Gasteiger partial charge on any atom is 0.244 e. The Hall–Kier alpha value is -1.91. The van der Waals surface area contributed by atoms with Crippen LogP contribution >= 0.6 is 23.2 Å². The summed E-state index contributed by atoms with van der Waals surface area (Å²) in [5.74, 6) is -0.633. The molecule has 1 amide bonds. The second kappa shape index (κ2) is 7.38. The Balaban J connectivity index is 2.00. The Kier molecular flexibility index (Phi) is 5.52. The summed E-state index contributed by atoms with van der Waals surface area (Å²) in [4.78, 5) is 11.8. The zero-order valence-corrected chi connectivity index (χ0v) is 13.2. The normalized spacial score (nSPS) is 11.4. The number of carbonyl (C=O) groups excluding carboxylic acids is 1. The molecule has 0 fully saturated rings. The van der Waals surface area contributed by atoms with Crippen molar-refractivity contribution < 1.29 is 9.18 Å². The van der Waals surface area contributed by atoms with Crippen molar-refractivity contribution in [1.82, 2.24) is 5.43 Å². The van der Waals surface area contributed by atoms with Crippen LogP contribution in [0.3, 0.4) is 0 Å². The number of amides is 1. The summed E-state index contributed by atoms with van der Waals surface area (Å²) in [6.45, 7) is 1.73. The van der Waals surface area contributed by atoms with Gasteiger partial charge in [0.2, 0.25) is 5.91 Å². The van der Waals surface area contributed by atoms with Gasteiger partial charge in [0.15, 0.2) is 0 Å². The first-order chi connectivity index (χ1) is 10.5. The van der Waals surface area contributed by atoms with Crippen molar-refractivity contribution in [2.75, 3.05) is 0 Å². The number of carbonyl (C=O) groups is 1. The summed E-state index contributed by atoms with van der Waals surface area (Å²) in [5, 5.41) is 5.00. The second-order valence-corrected chi connectivity index (χ2v) is 5.50. The molecule has 0 aromatic heterocycles. The molecule has 2 aromatic carbocycles. The highest BCUT2D eigenvalue weighted by Gasteiger charge is 2.06. The Morgan fingerprint density at radius 1 is 1.18 bits per heavy atom. The molecule has 0 aliphatic heterocycles. The number of halogens is 3. The second-order valence-electron chi connectivity index (χ2n) is 4.66. The number of hydrazone groups is 1. The molecule has 0 spiro atoms. The molecular formula is C16H13Cl2FN2O. The fourth-order valence-corrected chi connectivity index (χ4v) is 2.36. The monoisotopic (exact) mass is 338 g/mol. The van der Waals surface area contributed by atoms with E-state index >= 15 is 0 Å². The molecule has 0 radical (unpaired) electrons. The molecule has 114 valence electrons. The molecule has 0 saturated carbocycles. The Bertz CT molecular complexity index is 715. The van der Waals surface area contributed by atoms with Crippen LogP contribution in [0.1, 0.15) is 18.1 Å². The van der Waals surface area contributed by atoms with Crippen LogP contribution in [-0.2, 0) is 11.2 Å². The van der Waals surface area contributed by atoms with Gasteiger partial charge in [0.25, 0.3) is 0 Å². The van der Waals surface area contributed by atoms with Crippen LogP contribution in [0.2, 0.25) is 10.0 Å². The topological polar surface area (TPSA) is 41.5 Å². The quantitative estimate of drug-likeness (QED) is 0.658. The van der Waals surface area contributed by atoms with E-state index in [1.165, 1.54) is 12.1 Å². The van der Waals surface area contributed by atoms with Crippen molar-refractivity contribution >= 4 is 34.8 Å². The summed E-state index contributed by atoms with van der Waals surface area (Å²) < 4.78 is 12.8. The summed E-state index contributed by atoms with van der Waals surface area (Å²) in [5.41, 5.74) is 4.41. The first kappa shape index (κ1) is 16.5. The molecule has 2 aromatic rings. The lowest BCUT2D eigenvalue weighted by molar-refractivity contribution is -0.120. The van der Waals surface area contributed by atoms with Gasteiger partial charge in [0.1, 0.15) is 5.82 Å². The van der Waals surface area contributed by atoms with Crippen LogP contribution < -0.4 is 5.43 Å². The van der Waals surface area contributed by atoms with E-state index in [9.17, 15) is 9.18 Å². The van der Waals surface area contributed by atoms with Crippen molar-refractivity contribution in [3.63, 3.8) is 0 Å². The zero-order valence-electron chi connectivity index (χ0n) is 11.7. The van der Waals surface area contributed by atoms with Crippen molar-refractivity contribution in [3.05, 3.63) is 69.5 Å². The average Bonchev–Trinajstić information content (AvgIpc) is 2.47. The van der Waals surface area contributed by atoms with Crippen LogP contribution in [0.15, 0.2) is 47.6 Å². The van der Waals surface area contributed by atoms with E-state index in [0.717, 1.165) is 0 Å². The van der Waals surface area contributed by atoms with Gasteiger partial charge in [-0.2, -0.15) is 5.10 Å². The summed E-state index contributed by atoms with van der Waals surface area (Å²) in [6.07, 6.45) is 0.116. The average molecular weight is 339 g/mol. The summed E-state index contributed by atoms with van der Waals surface area (Å²) in [6, 6.07) is 10.8. The van der Waals surface area contributed by atoms with E-state index in [2.05, 4.69) is 10.5 Å². The van der Waals surface area contributed by atoms with Crippen molar-refractivity contribution in [3.8, 4) is 0 Å². The highest BCUT2D eigenvalue weighted by molar-refractivity contribution is 6.37. The molecule has 0 bridgehead atoms. The minimum atomic E-state index is -0.338. The van der Waals surface area contributed by atoms with E-state index in [1.807, 2.05) is 0 Å².